The molecule has 0 saturated heterocycles. The summed E-state index contributed by atoms with van der Waals surface area (Å²) < 4.78 is 13.9. The molecule has 0 fully saturated rings. The lowest BCUT2D eigenvalue weighted by Gasteiger charge is -2.08. The van der Waals surface area contributed by atoms with Crippen molar-refractivity contribution in [1.82, 2.24) is 4.98 Å². The van der Waals surface area contributed by atoms with Crippen molar-refractivity contribution in [3.63, 3.8) is 0 Å². The van der Waals surface area contributed by atoms with Crippen molar-refractivity contribution in [2.24, 2.45) is 0 Å². The second kappa shape index (κ2) is 5.34. The summed E-state index contributed by atoms with van der Waals surface area (Å²) in [7, 11) is 0. The number of rotatable bonds is 2. The van der Waals surface area contributed by atoms with Crippen LogP contribution in [0, 0.1) is 17.1 Å². The van der Waals surface area contributed by atoms with E-state index in [1.54, 1.807) is 18.3 Å². The molecule has 0 unspecified atom stereocenters. The molecule has 0 bridgehead atoms. The molecule has 3 nitrogen and oxygen atoms in total. The van der Waals surface area contributed by atoms with E-state index in [-0.39, 0.29) is 5.56 Å². The second-order valence-corrected chi connectivity index (χ2v) is 4.74. The highest BCUT2D eigenvalue weighted by molar-refractivity contribution is 9.10. The monoisotopic (exact) mass is 325 g/mol. The summed E-state index contributed by atoms with van der Waals surface area (Å²) >= 11 is 9.24. The van der Waals surface area contributed by atoms with Crippen LogP contribution in [0.5, 0.6) is 0 Å². The maximum absolute atomic E-state index is 13.1. The number of pyridine rings is 1. The molecule has 2 aromatic rings. The molecule has 0 aliphatic carbocycles. The Morgan fingerprint density at radius 3 is 2.83 bits per heavy atom. The van der Waals surface area contributed by atoms with Crippen molar-refractivity contribution in [3.8, 4) is 6.07 Å². The van der Waals surface area contributed by atoms with E-state index in [2.05, 4.69) is 26.2 Å². The van der Waals surface area contributed by atoms with Crippen molar-refractivity contribution >= 4 is 39.0 Å². The molecule has 0 atom stereocenters. The van der Waals surface area contributed by atoms with Gasteiger partial charge in [-0.15, -0.1) is 0 Å². The molecule has 0 aliphatic rings. The molecule has 90 valence electrons. The lowest BCUT2D eigenvalue weighted by molar-refractivity contribution is 0.624. The molecule has 0 amide bonds. The summed E-state index contributed by atoms with van der Waals surface area (Å²) in [6.07, 6.45) is 1.59. The molecule has 0 spiro atoms. The van der Waals surface area contributed by atoms with E-state index in [9.17, 15) is 4.39 Å². The van der Waals surface area contributed by atoms with Crippen LogP contribution < -0.4 is 5.32 Å². The molecule has 1 aromatic carbocycles. The largest absolute Gasteiger partial charge is 0.339 e. The van der Waals surface area contributed by atoms with Crippen LogP contribution in [0.4, 0.5) is 15.9 Å². The first-order chi connectivity index (χ1) is 8.60. The fourth-order valence-corrected chi connectivity index (χ4v) is 2.01. The number of hydrogen-bond acceptors (Lipinski definition) is 3. The zero-order chi connectivity index (χ0) is 13.1. The van der Waals surface area contributed by atoms with E-state index in [1.165, 1.54) is 18.2 Å². The van der Waals surface area contributed by atoms with Gasteiger partial charge in [0.05, 0.1) is 10.6 Å². The summed E-state index contributed by atoms with van der Waals surface area (Å²) in [5.74, 6) is -0.117. The Morgan fingerprint density at radius 1 is 1.39 bits per heavy atom. The average molecular weight is 327 g/mol. The van der Waals surface area contributed by atoms with Gasteiger partial charge in [0.15, 0.2) is 0 Å². The predicted molar refractivity (Wildman–Crippen MR) is 71.3 cm³/mol. The summed E-state index contributed by atoms with van der Waals surface area (Å²) in [6.45, 7) is 0. The van der Waals surface area contributed by atoms with Crippen LogP contribution in [0.25, 0.3) is 0 Å². The van der Waals surface area contributed by atoms with Crippen LogP contribution >= 0.6 is 27.5 Å². The molecule has 1 N–H and O–H groups in total. The van der Waals surface area contributed by atoms with Gasteiger partial charge in [-0.2, -0.15) is 5.26 Å². The van der Waals surface area contributed by atoms with Crippen LogP contribution in [0.3, 0.4) is 0 Å². The number of anilines is 2. The van der Waals surface area contributed by atoms with Crippen LogP contribution in [0.2, 0.25) is 5.02 Å². The molecule has 1 heterocycles. The number of aromatic nitrogens is 1. The summed E-state index contributed by atoms with van der Waals surface area (Å²) in [5.41, 5.74) is 0.512. The minimum Gasteiger partial charge on any atom is -0.339 e. The summed E-state index contributed by atoms with van der Waals surface area (Å²) in [5, 5.41) is 12.1. The number of nitrogens with zero attached hydrogens (tertiary/aromatic N) is 2. The molecule has 1 aromatic heterocycles. The Kier molecular flexibility index (Phi) is 3.80. The highest BCUT2D eigenvalue weighted by Gasteiger charge is 2.06. The maximum Gasteiger partial charge on any atom is 0.149 e. The van der Waals surface area contributed by atoms with Gasteiger partial charge in [0.2, 0.25) is 0 Å². The average Bonchev–Trinajstić information content (AvgIpc) is 2.35. The van der Waals surface area contributed by atoms with Gasteiger partial charge in [0.1, 0.15) is 17.7 Å². The fraction of sp³-hybridized carbons (Fsp3) is 0. The van der Waals surface area contributed by atoms with E-state index in [0.717, 1.165) is 4.47 Å². The van der Waals surface area contributed by atoms with E-state index in [1.807, 2.05) is 0 Å². The highest BCUT2D eigenvalue weighted by Crippen LogP contribution is 2.26. The summed E-state index contributed by atoms with van der Waals surface area (Å²) in [4.78, 5) is 4.08. The van der Waals surface area contributed by atoms with Gasteiger partial charge >= 0.3 is 0 Å². The molecule has 0 radical (unpaired) electrons. The Labute approximate surface area is 116 Å². The SMILES string of the molecule is N#Cc1cc(Nc2ncc(Br)cc2Cl)ccc1F. The van der Waals surface area contributed by atoms with Gasteiger partial charge in [0.25, 0.3) is 0 Å². The van der Waals surface area contributed by atoms with Crippen molar-refractivity contribution < 1.29 is 4.39 Å². The number of nitrogens with one attached hydrogen (secondary N) is 1. The molecule has 2 rings (SSSR count). The molecular weight excluding hydrogens is 321 g/mol. The van der Waals surface area contributed by atoms with E-state index < -0.39 is 5.82 Å². The van der Waals surface area contributed by atoms with Gasteiger partial charge < -0.3 is 5.32 Å². The lowest BCUT2D eigenvalue weighted by atomic mass is 10.2. The van der Waals surface area contributed by atoms with Gasteiger partial charge in [-0.05, 0) is 40.2 Å². The number of hydrogen-bond donors (Lipinski definition) is 1. The van der Waals surface area contributed by atoms with E-state index in [4.69, 9.17) is 16.9 Å². The first-order valence-corrected chi connectivity index (χ1v) is 6.05. The summed E-state index contributed by atoms with van der Waals surface area (Å²) in [6, 6.07) is 7.58. The minimum absolute atomic E-state index is 0.0340. The Bertz CT molecular complexity index is 640. The standard InChI is InChI=1S/C12H6BrClFN3/c13-8-4-10(14)12(17-6-8)18-9-1-2-11(15)7(3-9)5-16/h1-4,6H,(H,17,18). The van der Waals surface area contributed by atoms with Crippen LogP contribution in [0.1, 0.15) is 5.56 Å². The Morgan fingerprint density at radius 2 is 2.17 bits per heavy atom. The third-order valence-corrected chi connectivity index (χ3v) is 2.88. The fourth-order valence-electron chi connectivity index (χ4n) is 1.33. The number of benzene rings is 1. The smallest absolute Gasteiger partial charge is 0.149 e. The zero-order valence-corrected chi connectivity index (χ0v) is 11.3. The molecule has 0 aliphatic heterocycles. The minimum atomic E-state index is -0.557. The van der Waals surface area contributed by atoms with E-state index in [0.29, 0.717) is 16.5 Å². The third kappa shape index (κ3) is 2.78. The van der Waals surface area contributed by atoms with Gasteiger partial charge in [-0.1, -0.05) is 11.6 Å². The van der Waals surface area contributed by atoms with Crippen molar-refractivity contribution in [2.75, 3.05) is 5.32 Å². The molecule has 6 heteroatoms. The Hall–Kier alpha value is -1.64. The Balaban J connectivity index is 2.32. The predicted octanol–water partition coefficient (Wildman–Crippen LogP) is 4.25. The van der Waals surface area contributed by atoms with Gasteiger partial charge in [0, 0.05) is 16.4 Å². The quantitative estimate of drug-likeness (QED) is 0.897. The first kappa shape index (κ1) is 12.8. The lowest BCUT2D eigenvalue weighted by Crippen LogP contribution is -1.96. The highest BCUT2D eigenvalue weighted by atomic mass is 79.9. The first-order valence-electron chi connectivity index (χ1n) is 4.88. The molecule has 18 heavy (non-hydrogen) atoms. The van der Waals surface area contributed by atoms with Crippen molar-refractivity contribution in [3.05, 3.63) is 51.3 Å². The van der Waals surface area contributed by atoms with Crippen molar-refractivity contribution in [1.29, 1.82) is 5.26 Å². The number of halogens is 3. The van der Waals surface area contributed by atoms with E-state index >= 15 is 0 Å². The molecule has 0 saturated carbocycles. The zero-order valence-electron chi connectivity index (χ0n) is 8.92. The van der Waals surface area contributed by atoms with Crippen molar-refractivity contribution in [2.45, 2.75) is 0 Å². The second-order valence-electron chi connectivity index (χ2n) is 3.42. The van der Waals surface area contributed by atoms with Crippen LogP contribution in [-0.4, -0.2) is 4.98 Å². The van der Waals surface area contributed by atoms with Gasteiger partial charge in [-0.3, -0.25) is 0 Å². The maximum atomic E-state index is 13.1. The number of nitriles is 1. The third-order valence-electron chi connectivity index (χ3n) is 2.16. The normalized spacial score (nSPS) is 9.89. The topological polar surface area (TPSA) is 48.7 Å². The van der Waals surface area contributed by atoms with Gasteiger partial charge in [-0.25, -0.2) is 9.37 Å². The van der Waals surface area contributed by atoms with Crippen LogP contribution in [-0.2, 0) is 0 Å². The molecular formula is C12H6BrClFN3. The van der Waals surface area contributed by atoms with Crippen LogP contribution in [0.15, 0.2) is 34.9 Å².